The minimum atomic E-state index is -0.00600. The van der Waals surface area contributed by atoms with Crippen LogP contribution in [0, 0.1) is 16.7 Å². The van der Waals surface area contributed by atoms with E-state index in [1.54, 1.807) is 0 Å². The SMILES string of the molecule is CC(C)C1NC2(CC(C)(C)C2)OCC1(C)C. The van der Waals surface area contributed by atoms with Crippen LogP contribution in [0.25, 0.3) is 0 Å². The van der Waals surface area contributed by atoms with E-state index in [-0.39, 0.29) is 11.1 Å². The molecule has 94 valence electrons. The molecule has 1 atom stereocenters. The van der Waals surface area contributed by atoms with Crippen molar-refractivity contribution in [3.63, 3.8) is 0 Å². The van der Waals surface area contributed by atoms with Gasteiger partial charge in [0.05, 0.1) is 6.61 Å². The Morgan fingerprint density at radius 1 is 1.12 bits per heavy atom. The highest BCUT2D eigenvalue weighted by molar-refractivity contribution is 5.05. The zero-order valence-corrected chi connectivity index (χ0v) is 11.7. The third kappa shape index (κ3) is 2.02. The Bertz CT molecular complexity index is 272. The van der Waals surface area contributed by atoms with Gasteiger partial charge >= 0.3 is 0 Å². The Kier molecular flexibility index (Phi) is 2.67. The summed E-state index contributed by atoms with van der Waals surface area (Å²) in [6, 6.07) is 0.567. The van der Waals surface area contributed by atoms with Gasteiger partial charge in [-0.25, -0.2) is 0 Å². The molecule has 1 unspecified atom stereocenters. The van der Waals surface area contributed by atoms with Gasteiger partial charge in [-0.05, 0) is 24.2 Å². The topological polar surface area (TPSA) is 21.3 Å². The van der Waals surface area contributed by atoms with Crippen LogP contribution in [0.5, 0.6) is 0 Å². The van der Waals surface area contributed by atoms with Crippen LogP contribution in [0.15, 0.2) is 0 Å². The molecule has 0 aromatic rings. The van der Waals surface area contributed by atoms with Gasteiger partial charge in [0, 0.05) is 11.5 Å². The molecular formula is C14H27NO. The molecule has 1 heterocycles. The monoisotopic (exact) mass is 225 g/mol. The summed E-state index contributed by atoms with van der Waals surface area (Å²) in [4.78, 5) is 0. The fourth-order valence-electron chi connectivity index (χ4n) is 3.70. The van der Waals surface area contributed by atoms with Crippen molar-refractivity contribution < 1.29 is 4.74 Å². The van der Waals surface area contributed by atoms with E-state index < -0.39 is 0 Å². The van der Waals surface area contributed by atoms with E-state index in [1.807, 2.05) is 0 Å². The minimum absolute atomic E-state index is 0.00600. The first-order valence-electron chi connectivity index (χ1n) is 6.58. The molecule has 1 aliphatic carbocycles. The number of hydrogen-bond donors (Lipinski definition) is 1. The lowest BCUT2D eigenvalue weighted by molar-refractivity contribution is -0.237. The zero-order chi connectivity index (χ0) is 12.2. The smallest absolute Gasteiger partial charge is 0.120 e. The lowest BCUT2D eigenvalue weighted by Gasteiger charge is -2.60. The van der Waals surface area contributed by atoms with E-state index in [0.29, 0.717) is 17.4 Å². The summed E-state index contributed by atoms with van der Waals surface area (Å²) < 4.78 is 6.12. The summed E-state index contributed by atoms with van der Waals surface area (Å²) in [5.74, 6) is 0.666. The van der Waals surface area contributed by atoms with Crippen molar-refractivity contribution >= 4 is 0 Å². The second kappa shape index (κ2) is 3.46. The summed E-state index contributed by atoms with van der Waals surface area (Å²) in [7, 11) is 0. The molecule has 2 rings (SSSR count). The largest absolute Gasteiger partial charge is 0.360 e. The maximum absolute atomic E-state index is 6.12. The molecule has 0 aromatic heterocycles. The third-order valence-electron chi connectivity index (χ3n) is 4.18. The highest BCUT2D eigenvalue weighted by Crippen LogP contribution is 2.52. The Hall–Kier alpha value is -0.0800. The number of rotatable bonds is 1. The van der Waals surface area contributed by atoms with Crippen molar-refractivity contribution in [3.8, 4) is 0 Å². The predicted octanol–water partition coefficient (Wildman–Crippen LogP) is 3.17. The summed E-state index contributed by atoms with van der Waals surface area (Å²) in [6.45, 7) is 14.8. The number of ether oxygens (including phenoxy) is 1. The van der Waals surface area contributed by atoms with E-state index in [1.165, 1.54) is 0 Å². The van der Waals surface area contributed by atoms with Crippen molar-refractivity contribution in [2.24, 2.45) is 16.7 Å². The van der Waals surface area contributed by atoms with Crippen LogP contribution in [0.4, 0.5) is 0 Å². The average Bonchev–Trinajstić information content (AvgIpc) is 2.05. The molecule has 1 aliphatic heterocycles. The highest BCUT2D eigenvalue weighted by atomic mass is 16.5. The van der Waals surface area contributed by atoms with Gasteiger partial charge < -0.3 is 4.74 Å². The lowest BCUT2D eigenvalue weighted by Crippen LogP contribution is -2.70. The molecule has 2 aliphatic rings. The minimum Gasteiger partial charge on any atom is -0.360 e. The molecule has 0 bridgehead atoms. The van der Waals surface area contributed by atoms with E-state index in [4.69, 9.17) is 4.74 Å². The first-order valence-corrected chi connectivity index (χ1v) is 6.58. The average molecular weight is 225 g/mol. The van der Waals surface area contributed by atoms with Gasteiger partial charge in [0.25, 0.3) is 0 Å². The Labute approximate surface area is 100 Å². The Balaban J connectivity index is 2.08. The van der Waals surface area contributed by atoms with Crippen molar-refractivity contribution in [3.05, 3.63) is 0 Å². The fraction of sp³-hybridized carbons (Fsp3) is 1.00. The fourth-order valence-corrected chi connectivity index (χ4v) is 3.70. The maximum Gasteiger partial charge on any atom is 0.120 e. The maximum atomic E-state index is 6.12. The van der Waals surface area contributed by atoms with Gasteiger partial charge in [-0.1, -0.05) is 41.5 Å². The Morgan fingerprint density at radius 2 is 1.69 bits per heavy atom. The van der Waals surface area contributed by atoms with E-state index in [0.717, 1.165) is 19.4 Å². The molecular weight excluding hydrogens is 198 g/mol. The molecule has 1 N–H and O–H groups in total. The highest BCUT2D eigenvalue weighted by Gasteiger charge is 2.55. The quantitative estimate of drug-likeness (QED) is 0.740. The Morgan fingerprint density at radius 3 is 2.12 bits per heavy atom. The molecule has 2 fully saturated rings. The zero-order valence-electron chi connectivity index (χ0n) is 11.7. The van der Waals surface area contributed by atoms with Gasteiger partial charge in [0.2, 0.25) is 0 Å². The van der Waals surface area contributed by atoms with Crippen LogP contribution in [0.3, 0.4) is 0 Å². The van der Waals surface area contributed by atoms with Crippen molar-refractivity contribution in [1.29, 1.82) is 0 Å². The van der Waals surface area contributed by atoms with Crippen LogP contribution in [0.2, 0.25) is 0 Å². The van der Waals surface area contributed by atoms with E-state index in [2.05, 4.69) is 46.9 Å². The lowest BCUT2D eigenvalue weighted by atomic mass is 9.63. The molecule has 1 spiro atoms. The summed E-state index contributed by atoms with van der Waals surface area (Å²) in [5, 5.41) is 3.79. The second-order valence-corrected chi connectivity index (χ2v) is 7.66. The number of nitrogens with one attached hydrogen (secondary N) is 1. The van der Waals surface area contributed by atoms with Gasteiger partial charge in [0.15, 0.2) is 0 Å². The molecule has 16 heavy (non-hydrogen) atoms. The molecule has 0 amide bonds. The van der Waals surface area contributed by atoms with Crippen molar-refractivity contribution in [2.45, 2.75) is 66.2 Å². The molecule has 1 saturated heterocycles. The van der Waals surface area contributed by atoms with E-state index in [9.17, 15) is 0 Å². The van der Waals surface area contributed by atoms with Gasteiger partial charge in [-0.15, -0.1) is 0 Å². The molecule has 2 nitrogen and oxygen atoms in total. The molecule has 1 saturated carbocycles. The summed E-state index contributed by atoms with van der Waals surface area (Å²) in [6.07, 6.45) is 2.30. The van der Waals surface area contributed by atoms with E-state index >= 15 is 0 Å². The van der Waals surface area contributed by atoms with Crippen molar-refractivity contribution in [2.75, 3.05) is 6.61 Å². The van der Waals surface area contributed by atoms with Gasteiger partial charge in [-0.3, -0.25) is 5.32 Å². The van der Waals surface area contributed by atoms with Crippen LogP contribution < -0.4 is 5.32 Å². The summed E-state index contributed by atoms with van der Waals surface area (Å²) in [5.41, 5.74) is 0.698. The third-order valence-corrected chi connectivity index (χ3v) is 4.18. The van der Waals surface area contributed by atoms with Crippen LogP contribution in [-0.4, -0.2) is 18.4 Å². The normalized spacial score (nSPS) is 35.1. The van der Waals surface area contributed by atoms with Crippen LogP contribution in [0.1, 0.15) is 54.4 Å². The predicted molar refractivity (Wildman–Crippen MR) is 67.2 cm³/mol. The first kappa shape index (κ1) is 12.4. The summed E-state index contributed by atoms with van der Waals surface area (Å²) >= 11 is 0. The number of hydrogen-bond acceptors (Lipinski definition) is 2. The van der Waals surface area contributed by atoms with Gasteiger partial charge in [-0.2, -0.15) is 0 Å². The molecule has 2 heteroatoms. The van der Waals surface area contributed by atoms with Crippen LogP contribution >= 0.6 is 0 Å². The standard InChI is InChI=1S/C14H27NO/c1-10(2)11-13(5,6)9-16-14(15-11)7-12(3,4)8-14/h10-11,15H,7-9H2,1-6H3. The van der Waals surface area contributed by atoms with Gasteiger partial charge in [0.1, 0.15) is 5.72 Å². The van der Waals surface area contributed by atoms with Crippen molar-refractivity contribution in [1.82, 2.24) is 5.32 Å². The van der Waals surface area contributed by atoms with Crippen LogP contribution in [-0.2, 0) is 4.74 Å². The first-order chi connectivity index (χ1) is 7.16. The molecule has 0 radical (unpaired) electrons. The molecule has 0 aromatic carbocycles. The second-order valence-electron chi connectivity index (χ2n) is 7.66.